The van der Waals surface area contributed by atoms with Crippen LogP contribution in [0, 0.1) is 5.41 Å². The van der Waals surface area contributed by atoms with E-state index in [4.69, 9.17) is 4.74 Å². The molecule has 3 atom stereocenters. The molecule has 1 aromatic rings. The molecule has 3 unspecified atom stereocenters. The van der Waals surface area contributed by atoms with Crippen molar-refractivity contribution in [2.45, 2.75) is 58.3 Å². The molecule has 3 rings (SSSR count). The molecule has 1 aliphatic heterocycles. The molecule has 2 heterocycles. The molecule has 1 aliphatic carbocycles. The fourth-order valence-corrected chi connectivity index (χ4v) is 3.37. The Hall–Kier alpha value is -0.910. The average Bonchev–Trinajstić information content (AvgIpc) is 2.89. The third-order valence-electron chi connectivity index (χ3n) is 4.97. The van der Waals surface area contributed by atoms with Crippen molar-refractivity contribution in [2.75, 3.05) is 13.2 Å². The largest absolute Gasteiger partial charge is 0.378 e. The molecule has 2 aliphatic rings. The number of aromatic amines is 1. The molecule has 5 heteroatoms. The van der Waals surface area contributed by atoms with Gasteiger partial charge in [0.25, 0.3) is 0 Å². The van der Waals surface area contributed by atoms with Crippen molar-refractivity contribution in [2.24, 2.45) is 5.41 Å². The highest BCUT2D eigenvalue weighted by atomic mass is 16.5. The lowest BCUT2D eigenvalue weighted by molar-refractivity contribution is -0.114. The van der Waals surface area contributed by atoms with Crippen LogP contribution in [0.4, 0.5) is 0 Å². The fraction of sp³-hybridized carbons (Fsp3) is 0.800. The molecule has 20 heavy (non-hydrogen) atoms. The van der Waals surface area contributed by atoms with Gasteiger partial charge in [-0.05, 0) is 13.3 Å². The van der Waals surface area contributed by atoms with Gasteiger partial charge in [-0.15, -0.1) is 0 Å². The highest BCUT2D eigenvalue weighted by Crippen LogP contribution is 2.42. The van der Waals surface area contributed by atoms with Crippen LogP contribution in [0.15, 0.2) is 6.33 Å². The number of ether oxygens (including phenoxy) is 1. The number of nitrogens with one attached hydrogen (secondary N) is 3. The molecule has 0 spiro atoms. The third kappa shape index (κ3) is 2.50. The SMILES string of the molecule is CCOC1CC(NCC2Cc3nc[nH]c3CN2)C1(C)C. The lowest BCUT2D eigenvalue weighted by Crippen LogP contribution is -2.62. The van der Waals surface area contributed by atoms with E-state index in [1.807, 2.05) is 0 Å². The Morgan fingerprint density at radius 2 is 2.35 bits per heavy atom. The van der Waals surface area contributed by atoms with Gasteiger partial charge in [0.15, 0.2) is 0 Å². The zero-order chi connectivity index (χ0) is 14.2. The summed E-state index contributed by atoms with van der Waals surface area (Å²) in [6, 6.07) is 1.04. The van der Waals surface area contributed by atoms with Gasteiger partial charge in [-0.1, -0.05) is 13.8 Å². The van der Waals surface area contributed by atoms with E-state index in [1.165, 1.54) is 11.4 Å². The molecule has 1 aromatic heterocycles. The van der Waals surface area contributed by atoms with Crippen LogP contribution in [0.3, 0.4) is 0 Å². The predicted molar refractivity (Wildman–Crippen MR) is 78.5 cm³/mol. The topological polar surface area (TPSA) is 62.0 Å². The second-order valence-corrected chi connectivity index (χ2v) is 6.57. The van der Waals surface area contributed by atoms with Crippen molar-refractivity contribution in [1.29, 1.82) is 0 Å². The Bertz CT molecular complexity index is 456. The van der Waals surface area contributed by atoms with Gasteiger partial charge in [-0.2, -0.15) is 0 Å². The van der Waals surface area contributed by atoms with Crippen LogP contribution in [0.1, 0.15) is 38.6 Å². The van der Waals surface area contributed by atoms with Crippen LogP contribution in [-0.4, -0.2) is 41.3 Å². The van der Waals surface area contributed by atoms with Crippen molar-refractivity contribution in [1.82, 2.24) is 20.6 Å². The van der Waals surface area contributed by atoms with Crippen molar-refractivity contribution in [3.05, 3.63) is 17.7 Å². The molecule has 0 aromatic carbocycles. The number of imidazole rings is 1. The third-order valence-corrected chi connectivity index (χ3v) is 4.97. The van der Waals surface area contributed by atoms with E-state index in [9.17, 15) is 0 Å². The van der Waals surface area contributed by atoms with E-state index >= 15 is 0 Å². The fourth-order valence-electron chi connectivity index (χ4n) is 3.37. The van der Waals surface area contributed by atoms with Gasteiger partial charge < -0.3 is 20.4 Å². The van der Waals surface area contributed by atoms with Gasteiger partial charge >= 0.3 is 0 Å². The number of rotatable bonds is 5. The number of H-pyrrole nitrogens is 1. The Balaban J connectivity index is 1.47. The van der Waals surface area contributed by atoms with Gasteiger partial charge in [0, 0.05) is 43.6 Å². The molecule has 1 fully saturated rings. The van der Waals surface area contributed by atoms with Crippen molar-refractivity contribution in [3.8, 4) is 0 Å². The average molecular weight is 278 g/mol. The summed E-state index contributed by atoms with van der Waals surface area (Å²) < 4.78 is 5.78. The normalized spacial score (nSPS) is 31.6. The first kappa shape index (κ1) is 14.0. The molecular formula is C15H26N4O. The Kier molecular flexibility index (Phi) is 3.84. The highest BCUT2D eigenvalue weighted by Gasteiger charge is 2.48. The second-order valence-electron chi connectivity index (χ2n) is 6.57. The quantitative estimate of drug-likeness (QED) is 0.758. The van der Waals surface area contributed by atoms with E-state index in [0.29, 0.717) is 18.2 Å². The van der Waals surface area contributed by atoms with E-state index in [1.54, 1.807) is 6.33 Å². The first-order valence-electron chi connectivity index (χ1n) is 7.70. The molecular weight excluding hydrogens is 252 g/mol. The summed E-state index contributed by atoms with van der Waals surface area (Å²) in [5, 5.41) is 7.27. The number of hydrogen-bond donors (Lipinski definition) is 3. The number of aromatic nitrogens is 2. The van der Waals surface area contributed by atoms with Crippen LogP contribution >= 0.6 is 0 Å². The van der Waals surface area contributed by atoms with E-state index in [-0.39, 0.29) is 5.41 Å². The van der Waals surface area contributed by atoms with Crippen LogP contribution in [0.25, 0.3) is 0 Å². The summed E-state index contributed by atoms with van der Waals surface area (Å²) >= 11 is 0. The summed E-state index contributed by atoms with van der Waals surface area (Å²) in [4.78, 5) is 7.58. The number of hydrogen-bond acceptors (Lipinski definition) is 4. The van der Waals surface area contributed by atoms with Gasteiger partial charge in [0.05, 0.1) is 23.8 Å². The van der Waals surface area contributed by atoms with E-state index < -0.39 is 0 Å². The lowest BCUT2D eigenvalue weighted by atomic mass is 9.64. The smallest absolute Gasteiger partial charge is 0.0925 e. The Morgan fingerprint density at radius 3 is 3.10 bits per heavy atom. The van der Waals surface area contributed by atoms with Gasteiger partial charge in [-0.25, -0.2) is 4.98 Å². The molecule has 0 saturated heterocycles. The second kappa shape index (κ2) is 5.47. The molecule has 0 radical (unpaired) electrons. The first-order chi connectivity index (χ1) is 9.61. The van der Waals surface area contributed by atoms with Gasteiger partial charge in [-0.3, -0.25) is 0 Å². The maximum Gasteiger partial charge on any atom is 0.0925 e. The molecule has 0 amide bonds. The summed E-state index contributed by atoms with van der Waals surface area (Å²) in [5.74, 6) is 0. The lowest BCUT2D eigenvalue weighted by Gasteiger charge is -2.52. The van der Waals surface area contributed by atoms with Crippen LogP contribution < -0.4 is 10.6 Å². The number of fused-ring (bicyclic) bond motifs is 1. The van der Waals surface area contributed by atoms with Crippen molar-refractivity contribution < 1.29 is 4.74 Å². The molecule has 112 valence electrons. The summed E-state index contributed by atoms with van der Waals surface area (Å²) in [7, 11) is 0. The molecule has 5 nitrogen and oxygen atoms in total. The van der Waals surface area contributed by atoms with E-state index in [2.05, 4.69) is 41.4 Å². The summed E-state index contributed by atoms with van der Waals surface area (Å²) in [5.41, 5.74) is 2.69. The minimum atomic E-state index is 0.238. The monoisotopic (exact) mass is 278 g/mol. The Labute approximate surface area is 120 Å². The minimum absolute atomic E-state index is 0.238. The molecule has 3 N–H and O–H groups in total. The van der Waals surface area contributed by atoms with Gasteiger partial charge in [0.2, 0.25) is 0 Å². The maximum absolute atomic E-state index is 5.78. The molecule has 1 saturated carbocycles. The number of nitrogens with zero attached hydrogens (tertiary/aromatic N) is 1. The molecule has 0 bridgehead atoms. The minimum Gasteiger partial charge on any atom is -0.378 e. The zero-order valence-corrected chi connectivity index (χ0v) is 12.7. The predicted octanol–water partition coefficient (Wildman–Crippen LogP) is 1.22. The Morgan fingerprint density at radius 1 is 1.50 bits per heavy atom. The summed E-state index contributed by atoms with van der Waals surface area (Å²) in [6.45, 7) is 9.39. The van der Waals surface area contributed by atoms with Crippen LogP contribution in [-0.2, 0) is 17.7 Å². The van der Waals surface area contributed by atoms with Crippen molar-refractivity contribution in [3.63, 3.8) is 0 Å². The van der Waals surface area contributed by atoms with E-state index in [0.717, 1.165) is 32.5 Å². The van der Waals surface area contributed by atoms with Crippen LogP contribution in [0.2, 0.25) is 0 Å². The zero-order valence-electron chi connectivity index (χ0n) is 12.7. The van der Waals surface area contributed by atoms with Crippen molar-refractivity contribution >= 4 is 0 Å². The maximum atomic E-state index is 5.78. The van der Waals surface area contributed by atoms with Crippen LogP contribution in [0.5, 0.6) is 0 Å². The summed E-state index contributed by atoms with van der Waals surface area (Å²) in [6.07, 6.45) is 4.33. The first-order valence-corrected chi connectivity index (χ1v) is 7.70. The van der Waals surface area contributed by atoms with Gasteiger partial charge in [0.1, 0.15) is 0 Å². The standard InChI is InChI=1S/C15H26N4O/c1-4-20-14-6-13(15(14,2)3)17-7-10-5-11-12(8-16-10)19-9-18-11/h9-10,13-14,16-17H,4-8H2,1-3H3,(H,18,19). The highest BCUT2D eigenvalue weighted by molar-refractivity contribution is 5.16.